The predicted molar refractivity (Wildman–Crippen MR) is 69.1 cm³/mol. The lowest BCUT2D eigenvalue weighted by molar-refractivity contribution is 0.172. The molecule has 0 heterocycles. The second kappa shape index (κ2) is 5.75. The van der Waals surface area contributed by atoms with Gasteiger partial charge in [-0.15, -0.1) is 0 Å². The Balaban J connectivity index is 2.25. The van der Waals surface area contributed by atoms with E-state index >= 15 is 0 Å². The van der Waals surface area contributed by atoms with Crippen molar-refractivity contribution >= 4 is 15.9 Å². The highest BCUT2D eigenvalue weighted by atomic mass is 79.9. The smallest absolute Gasteiger partial charge is 0.130 e. The maximum atomic E-state index is 13.6. The molecule has 1 N–H and O–H groups in total. The summed E-state index contributed by atoms with van der Waals surface area (Å²) in [5.74, 6) is -1.82. The Bertz CT molecular complexity index is 601. The van der Waals surface area contributed by atoms with Crippen molar-refractivity contribution in [3.05, 3.63) is 69.4 Å². The van der Waals surface area contributed by atoms with Gasteiger partial charge in [0.2, 0.25) is 0 Å². The third-order valence-corrected chi connectivity index (χ3v) is 3.24. The number of hydrogen-bond donors (Lipinski definition) is 1. The van der Waals surface area contributed by atoms with E-state index in [-0.39, 0.29) is 17.5 Å². The summed E-state index contributed by atoms with van der Waals surface area (Å²) in [5.41, 5.74) is 0.0571. The lowest BCUT2D eigenvalue weighted by atomic mass is 10.0. The summed E-state index contributed by atoms with van der Waals surface area (Å²) < 4.78 is 40.6. The van der Waals surface area contributed by atoms with Crippen molar-refractivity contribution in [1.29, 1.82) is 0 Å². The van der Waals surface area contributed by atoms with E-state index in [2.05, 4.69) is 15.9 Å². The molecule has 0 spiro atoms. The van der Waals surface area contributed by atoms with Crippen molar-refractivity contribution in [2.75, 3.05) is 0 Å². The first-order chi connectivity index (χ1) is 8.97. The van der Waals surface area contributed by atoms with Gasteiger partial charge in [0.25, 0.3) is 0 Å². The zero-order valence-corrected chi connectivity index (χ0v) is 11.3. The van der Waals surface area contributed by atoms with Gasteiger partial charge in [-0.2, -0.15) is 0 Å². The first kappa shape index (κ1) is 14.1. The van der Waals surface area contributed by atoms with E-state index in [9.17, 15) is 18.3 Å². The van der Waals surface area contributed by atoms with E-state index in [1.807, 2.05) is 0 Å². The van der Waals surface area contributed by atoms with Crippen molar-refractivity contribution in [3.8, 4) is 0 Å². The molecule has 0 saturated heterocycles. The van der Waals surface area contributed by atoms with Crippen LogP contribution in [-0.4, -0.2) is 5.11 Å². The van der Waals surface area contributed by atoms with Gasteiger partial charge in [-0.25, -0.2) is 13.2 Å². The van der Waals surface area contributed by atoms with Crippen LogP contribution in [0.15, 0.2) is 40.9 Å². The lowest BCUT2D eigenvalue weighted by Gasteiger charge is -2.13. The SMILES string of the molecule is OC(Cc1cc(F)ccc1F)c1ccc(Br)cc1F. The zero-order chi connectivity index (χ0) is 14.0. The van der Waals surface area contributed by atoms with Crippen molar-refractivity contribution in [3.63, 3.8) is 0 Å². The van der Waals surface area contributed by atoms with E-state index in [1.165, 1.54) is 12.1 Å². The van der Waals surface area contributed by atoms with E-state index < -0.39 is 23.6 Å². The van der Waals surface area contributed by atoms with Gasteiger partial charge in [-0.1, -0.05) is 22.0 Å². The Morgan fingerprint density at radius 1 is 1.00 bits per heavy atom. The number of rotatable bonds is 3. The second-order valence-electron chi connectivity index (χ2n) is 4.12. The zero-order valence-electron chi connectivity index (χ0n) is 9.71. The van der Waals surface area contributed by atoms with Crippen LogP contribution in [0.25, 0.3) is 0 Å². The number of hydrogen-bond acceptors (Lipinski definition) is 1. The molecule has 0 aliphatic heterocycles. The Labute approximate surface area is 116 Å². The van der Waals surface area contributed by atoms with Gasteiger partial charge in [0.15, 0.2) is 0 Å². The maximum absolute atomic E-state index is 13.6. The van der Waals surface area contributed by atoms with Crippen LogP contribution >= 0.6 is 15.9 Å². The Morgan fingerprint density at radius 3 is 2.42 bits per heavy atom. The van der Waals surface area contributed by atoms with Gasteiger partial charge < -0.3 is 5.11 Å². The minimum atomic E-state index is -1.23. The predicted octanol–water partition coefficient (Wildman–Crippen LogP) is 4.14. The van der Waals surface area contributed by atoms with E-state index in [4.69, 9.17) is 0 Å². The summed E-state index contributed by atoms with van der Waals surface area (Å²) in [6, 6.07) is 7.15. The molecule has 0 radical (unpaired) electrons. The lowest BCUT2D eigenvalue weighted by Crippen LogP contribution is -2.06. The number of aliphatic hydroxyl groups is 1. The minimum absolute atomic E-state index is 0.00909. The highest BCUT2D eigenvalue weighted by Crippen LogP contribution is 2.25. The molecule has 0 bridgehead atoms. The fourth-order valence-electron chi connectivity index (χ4n) is 1.79. The van der Waals surface area contributed by atoms with E-state index in [0.29, 0.717) is 4.47 Å². The first-order valence-electron chi connectivity index (χ1n) is 5.54. The molecule has 0 aromatic heterocycles. The molecule has 1 atom stereocenters. The molecule has 1 nitrogen and oxygen atoms in total. The van der Waals surface area contributed by atoms with Gasteiger partial charge in [0.1, 0.15) is 17.5 Å². The van der Waals surface area contributed by atoms with Crippen LogP contribution in [0.1, 0.15) is 17.2 Å². The Hall–Kier alpha value is -1.33. The molecule has 2 rings (SSSR count). The fourth-order valence-corrected chi connectivity index (χ4v) is 2.12. The molecule has 2 aromatic carbocycles. The number of halogens is 4. The molecule has 0 fully saturated rings. The molecule has 0 saturated carbocycles. The third-order valence-electron chi connectivity index (χ3n) is 2.74. The van der Waals surface area contributed by atoms with Crippen LogP contribution < -0.4 is 0 Å². The quantitative estimate of drug-likeness (QED) is 0.896. The number of benzene rings is 2. The van der Waals surface area contributed by atoms with Gasteiger partial charge in [0.05, 0.1) is 6.10 Å². The monoisotopic (exact) mass is 330 g/mol. The average Bonchev–Trinajstić information content (AvgIpc) is 2.33. The van der Waals surface area contributed by atoms with Crippen molar-refractivity contribution in [1.82, 2.24) is 0 Å². The maximum Gasteiger partial charge on any atom is 0.130 e. The fraction of sp³-hybridized carbons (Fsp3) is 0.143. The normalized spacial score (nSPS) is 12.5. The molecule has 2 aromatic rings. The Kier molecular flexibility index (Phi) is 4.27. The van der Waals surface area contributed by atoms with Crippen LogP contribution in [0.2, 0.25) is 0 Å². The third kappa shape index (κ3) is 3.36. The summed E-state index contributed by atoms with van der Waals surface area (Å²) in [6.07, 6.45) is -1.42. The molecule has 100 valence electrons. The highest BCUT2D eigenvalue weighted by molar-refractivity contribution is 9.10. The van der Waals surface area contributed by atoms with Gasteiger partial charge in [-0.05, 0) is 35.9 Å². The summed E-state index contributed by atoms with van der Waals surface area (Å²) in [4.78, 5) is 0. The molecule has 19 heavy (non-hydrogen) atoms. The van der Waals surface area contributed by atoms with Gasteiger partial charge >= 0.3 is 0 Å². The molecule has 0 aliphatic carbocycles. The van der Waals surface area contributed by atoms with Crippen molar-refractivity contribution < 1.29 is 18.3 Å². The van der Waals surface area contributed by atoms with Crippen molar-refractivity contribution in [2.24, 2.45) is 0 Å². The van der Waals surface area contributed by atoms with E-state index in [0.717, 1.165) is 18.2 Å². The van der Waals surface area contributed by atoms with Crippen molar-refractivity contribution in [2.45, 2.75) is 12.5 Å². The molecular weight excluding hydrogens is 321 g/mol. The molecule has 0 amide bonds. The van der Waals surface area contributed by atoms with Crippen LogP contribution in [0.4, 0.5) is 13.2 Å². The van der Waals surface area contributed by atoms with Crippen LogP contribution in [0.3, 0.4) is 0 Å². The number of aliphatic hydroxyl groups excluding tert-OH is 1. The highest BCUT2D eigenvalue weighted by Gasteiger charge is 2.16. The van der Waals surface area contributed by atoms with Crippen LogP contribution in [-0.2, 0) is 6.42 Å². The largest absolute Gasteiger partial charge is 0.388 e. The molecular formula is C14H10BrF3O. The van der Waals surface area contributed by atoms with Crippen LogP contribution in [0.5, 0.6) is 0 Å². The molecule has 1 unspecified atom stereocenters. The molecule has 5 heteroatoms. The average molecular weight is 331 g/mol. The summed E-state index contributed by atoms with van der Waals surface area (Å²) >= 11 is 3.10. The van der Waals surface area contributed by atoms with Crippen LogP contribution in [0, 0.1) is 17.5 Å². The summed E-state index contributed by atoms with van der Waals surface area (Å²) in [5, 5.41) is 9.92. The second-order valence-corrected chi connectivity index (χ2v) is 5.04. The van der Waals surface area contributed by atoms with Gasteiger partial charge in [0, 0.05) is 16.5 Å². The first-order valence-corrected chi connectivity index (χ1v) is 6.33. The standard InChI is InChI=1S/C14H10BrF3O/c15-9-1-3-11(13(18)7-9)14(19)6-8-5-10(16)2-4-12(8)17/h1-5,7,14,19H,6H2. The molecule has 0 aliphatic rings. The topological polar surface area (TPSA) is 20.2 Å². The summed E-state index contributed by atoms with van der Waals surface area (Å²) in [6.45, 7) is 0. The summed E-state index contributed by atoms with van der Waals surface area (Å²) in [7, 11) is 0. The Morgan fingerprint density at radius 2 is 1.74 bits per heavy atom. The minimum Gasteiger partial charge on any atom is -0.388 e. The van der Waals surface area contributed by atoms with Gasteiger partial charge in [-0.3, -0.25) is 0 Å². The van der Waals surface area contributed by atoms with E-state index in [1.54, 1.807) is 6.07 Å².